The summed E-state index contributed by atoms with van der Waals surface area (Å²) < 4.78 is 16.7. The third-order valence-electron chi connectivity index (χ3n) is 2.78. The van der Waals surface area contributed by atoms with E-state index in [0.29, 0.717) is 5.39 Å². The minimum Gasteiger partial charge on any atom is -0.443 e. The van der Waals surface area contributed by atoms with Crippen LogP contribution in [0.4, 0.5) is 15.4 Å². The highest BCUT2D eigenvalue weighted by Gasteiger charge is 2.35. The second-order valence-electron chi connectivity index (χ2n) is 7.44. The molecule has 0 spiro atoms. The van der Waals surface area contributed by atoms with Crippen LogP contribution in [-0.4, -0.2) is 27.8 Å². The summed E-state index contributed by atoms with van der Waals surface area (Å²) in [4.78, 5) is 26.2. The molecule has 136 valence electrons. The zero-order chi connectivity index (χ0) is 19.0. The monoisotopic (exact) mass is 428 g/mol. The number of benzene rings is 1. The van der Waals surface area contributed by atoms with Crippen molar-refractivity contribution in [1.29, 1.82) is 0 Å². The van der Waals surface area contributed by atoms with Crippen molar-refractivity contribution in [3.8, 4) is 0 Å². The van der Waals surface area contributed by atoms with Gasteiger partial charge in [0.2, 0.25) is 0 Å². The molecule has 1 aromatic heterocycles. The number of hydrogen-bond acceptors (Lipinski definition) is 6. The van der Waals surface area contributed by atoms with E-state index in [2.05, 4.69) is 20.3 Å². The summed E-state index contributed by atoms with van der Waals surface area (Å²) >= 11 is 4.59. The molecule has 0 radical (unpaired) electrons. The van der Waals surface area contributed by atoms with Gasteiger partial charge in [0.15, 0.2) is 5.82 Å². The summed E-state index contributed by atoms with van der Waals surface area (Å²) in [6, 6.07) is 5.54. The predicted molar refractivity (Wildman–Crippen MR) is 102 cm³/mol. The fourth-order valence-electron chi connectivity index (χ4n) is 1.92. The maximum atomic E-state index is 12.7. The van der Waals surface area contributed by atoms with Crippen LogP contribution in [0, 0.1) is 0 Å². The average molecular weight is 429 g/mol. The van der Waals surface area contributed by atoms with E-state index in [0.717, 1.165) is 14.1 Å². The number of hydrogen-bond donors (Lipinski definition) is 0. The number of nitrogens with zero attached hydrogens (tertiary/aromatic N) is 2. The van der Waals surface area contributed by atoms with Gasteiger partial charge >= 0.3 is 12.2 Å². The van der Waals surface area contributed by atoms with Crippen molar-refractivity contribution in [3.63, 3.8) is 0 Å². The van der Waals surface area contributed by atoms with Crippen LogP contribution in [0.25, 0.3) is 10.1 Å². The van der Waals surface area contributed by atoms with Gasteiger partial charge in [-0.2, -0.15) is 9.27 Å². The lowest BCUT2D eigenvalue weighted by Crippen LogP contribution is -2.44. The Labute approximate surface area is 159 Å². The molecule has 1 aromatic carbocycles. The second-order valence-corrected chi connectivity index (χ2v) is 9.16. The molecule has 0 N–H and O–H groups in total. The smallest absolute Gasteiger partial charge is 0.425 e. The largest absolute Gasteiger partial charge is 0.443 e. The van der Waals surface area contributed by atoms with E-state index in [4.69, 9.17) is 9.47 Å². The van der Waals surface area contributed by atoms with Crippen molar-refractivity contribution in [3.05, 3.63) is 22.7 Å². The number of carbonyl (C=O) groups is 2. The molecule has 0 saturated carbocycles. The topological polar surface area (TPSA) is 68.7 Å². The van der Waals surface area contributed by atoms with Crippen molar-refractivity contribution < 1.29 is 19.1 Å². The van der Waals surface area contributed by atoms with Gasteiger partial charge in [-0.3, -0.25) is 0 Å². The molecule has 0 bridgehead atoms. The first-order valence-electron chi connectivity index (χ1n) is 7.68. The van der Waals surface area contributed by atoms with Gasteiger partial charge in [-0.1, -0.05) is 15.9 Å². The van der Waals surface area contributed by atoms with E-state index in [-0.39, 0.29) is 5.82 Å². The van der Waals surface area contributed by atoms with Crippen LogP contribution >= 0.6 is 27.5 Å². The van der Waals surface area contributed by atoms with Crippen molar-refractivity contribution in [2.45, 2.75) is 52.7 Å². The SMILES string of the molecule is CC(C)(C)OC(=O)N(C(=O)OC(C)(C)C)c1nsc2ccc(Br)cc12. The first-order chi connectivity index (χ1) is 11.4. The summed E-state index contributed by atoms with van der Waals surface area (Å²) in [6.07, 6.45) is -1.65. The third-order valence-corrected chi connectivity index (χ3v) is 4.09. The van der Waals surface area contributed by atoms with Gasteiger partial charge < -0.3 is 9.47 Å². The molecule has 0 saturated heterocycles. The number of fused-ring (bicyclic) bond motifs is 1. The lowest BCUT2D eigenvalue weighted by atomic mass is 10.2. The van der Waals surface area contributed by atoms with E-state index < -0.39 is 23.4 Å². The third kappa shape index (κ3) is 5.15. The van der Waals surface area contributed by atoms with Gasteiger partial charge in [-0.15, -0.1) is 0 Å². The maximum Gasteiger partial charge on any atom is 0.425 e. The average Bonchev–Trinajstić information content (AvgIpc) is 2.78. The molecule has 8 heteroatoms. The van der Waals surface area contributed by atoms with Gasteiger partial charge in [-0.25, -0.2) is 9.59 Å². The van der Waals surface area contributed by atoms with Crippen LogP contribution in [0.15, 0.2) is 22.7 Å². The number of carbonyl (C=O) groups excluding carboxylic acids is 2. The Balaban J connectivity index is 2.51. The number of halogens is 1. The number of imide groups is 1. The number of amides is 2. The number of aromatic nitrogens is 1. The van der Waals surface area contributed by atoms with Crippen LogP contribution in [0.1, 0.15) is 41.5 Å². The van der Waals surface area contributed by atoms with E-state index >= 15 is 0 Å². The molecule has 2 rings (SSSR count). The molecule has 25 heavy (non-hydrogen) atoms. The zero-order valence-corrected chi connectivity index (χ0v) is 17.4. The normalized spacial score (nSPS) is 12.1. The summed E-state index contributed by atoms with van der Waals surface area (Å²) in [5.41, 5.74) is -1.52. The lowest BCUT2D eigenvalue weighted by molar-refractivity contribution is 0.0430. The quantitative estimate of drug-likeness (QED) is 0.579. The van der Waals surface area contributed by atoms with Crippen LogP contribution in [-0.2, 0) is 9.47 Å². The van der Waals surface area contributed by atoms with Crippen LogP contribution in [0.3, 0.4) is 0 Å². The first-order valence-corrected chi connectivity index (χ1v) is 9.25. The fraction of sp³-hybridized carbons (Fsp3) is 0.471. The van der Waals surface area contributed by atoms with E-state index in [1.54, 1.807) is 47.6 Å². The minimum absolute atomic E-state index is 0.199. The van der Waals surface area contributed by atoms with Crippen LogP contribution in [0.5, 0.6) is 0 Å². The highest BCUT2D eigenvalue weighted by molar-refractivity contribution is 9.10. The zero-order valence-electron chi connectivity index (χ0n) is 15.0. The molecular formula is C17H21BrN2O4S. The fourth-order valence-corrected chi connectivity index (χ4v) is 3.03. The number of rotatable bonds is 1. The maximum absolute atomic E-state index is 12.7. The number of anilines is 1. The van der Waals surface area contributed by atoms with Crippen molar-refractivity contribution in [2.24, 2.45) is 0 Å². The molecule has 0 atom stereocenters. The standard InChI is InChI=1S/C17H21BrN2O4S/c1-16(2,3)23-14(21)20(15(22)24-17(4,5)6)13-11-9-10(18)7-8-12(11)25-19-13/h7-9H,1-6H3. The lowest BCUT2D eigenvalue weighted by Gasteiger charge is -2.27. The Kier molecular flexibility index (Phi) is 5.44. The Morgan fingerprint density at radius 3 is 2.04 bits per heavy atom. The molecule has 6 nitrogen and oxygen atoms in total. The van der Waals surface area contributed by atoms with Gasteiger partial charge in [0.05, 0.1) is 4.70 Å². The highest BCUT2D eigenvalue weighted by Crippen LogP contribution is 2.33. The minimum atomic E-state index is -0.825. The summed E-state index contributed by atoms with van der Waals surface area (Å²) in [7, 11) is 0. The Bertz CT molecular complexity index is 777. The van der Waals surface area contributed by atoms with Gasteiger partial charge in [0, 0.05) is 9.86 Å². The highest BCUT2D eigenvalue weighted by atomic mass is 79.9. The number of ether oxygens (including phenoxy) is 2. The van der Waals surface area contributed by atoms with Crippen molar-refractivity contribution >= 4 is 55.6 Å². The molecule has 0 fully saturated rings. The Hall–Kier alpha value is -1.67. The van der Waals surface area contributed by atoms with E-state index in [1.165, 1.54) is 11.5 Å². The second kappa shape index (κ2) is 6.92. The van der Waals surface area contributed by atoms with Crippen molar-refractivity contribution in [2.75, 3.05) is 4.90 Å². The molecule has 0 aliphatic carbocycles. The summed E-state index contributed by atoms with van der Waals surface area (Å²) in [5, 5.41) is 0.663. The van der Waals surface area contributed by atoms with Crippen molar-refractivity contribution in [1.82, 2.24) is 4.37 Å². The van der Waals surface area contributed by atoms with Crippen LogP contribution < -0.4 is 4.90 Å². The summed E-state index contributed by atoms with van der Waals surface area (Å²) in [5.74, 6) is 0.199. The van der Waals surface area contributed by atoms with Crippen LogP contribution in [0.2, 0.25) is 0 Å². The van der Waals surface area contributed by atoms with Gasteiger partial charge in [-0.05, 0) is 71.3 Å². The molecule has 0 aliphatic rings. The van der Waals surface area contributed by atoms with Gasteiger partial charge in [0.25, 0.3) is 0 Å². The van der Waals surface area contributed by atoms with E-state index in [9.17, 15) is 9.59 Å². The molecule has 0 unspecified atom stereocenters. The molecule has 1 heterocycles. The first kappa shape index (κ1) is 19.7. The summed E-state index contributed by atoms with van der Waals surface area (Å²) in [6.45, 7) is 10.4. The molecule has 2 amide bonds. The predicted octanol–water partition coefficient (Wildman–Crippen LogP) is 5.74. The molecular weight excluding hydrogens is 408 g/mol. The Morgan fingerprint density at radius 2 is 1.56 bits per heavy atom. The van der Waals surface area contributed by atoms with E-state index in [1.807, 2.05) is 12.1 Å². The van der Waals surface area contributed by atoms with Gasteiger partial charge in [0.1, 0.15) is 11.2 Å². The Morgan fingerprint density at radius 1 is 1.04 bits per heavy atom. The molecule has 0 aliphatic heterocycles. The molecule has 2 aromatic rings.